The van der Waals surface area contributed by atoms with E-state index in [2.05, 4.69) is 100 Å². The van der Waals surface area contributed by atoms with E-state index in [0.717, 1.165) is 49.7 Å². The molecule has 0 spiro atoms. The molecule has 0 fully saturated rings. The molecule has 0 aliphatic rings. The molecule has 0 bridgehead atoms. The molecule has 50 heavy (non-hydrogen) atoms. The molecule has 0 saturated heterocycles. The maximum atomic E-state index is 5.01. The van der Waals surface area contributed by atoms with Gasteiger partial charge >= 0.3 is 0 Å². The lowest BCUT2D eigenvalue weighted by Crippen LogP contribution is -2.04. The standard InChI is InChI=1S/C43H27N7/c1-4-14-28(15-5-1)40-46-41(29-16-6-2-7-17-29)48-42(47-40)30-26-44-43(45-27-30)50-37-23-13-11-21-33(37)35-25-24-34-32-20-10-12-22-36(32)49(38(34)39(35)50)31-18-8-3-9-19-31/h1-27H. The number of rotatable bonds is 5. The quantitative estimate of drug-likeness (QED) is 0.187. The first-order valence-corrected chi connectivity index (χ1v) is 16.5. The number of hydrogen-bond donors (Lipinski definition) is 0. The first-order valence-electron chi connectivity index (χ1n) is 16.5. The van der Waals surface area contributed by atoms with Crippen LogP contribution in [0.15, 0.2) is 164 Å². The molecule has 10 rings (SSSR count). The van der Waals surface area contributed by atoms with Gasteiger partial charge < -0.3 is 4.57 Å². The lowest BCUT2D eigenvalue weighted by atomic mass is 10.1. The Morgan fingerprint density at radius 3 is 1.30 bits per heavy atom. The van der Waals surface area contributed by atoms with Gasteiger partial charge in [-0.2, -0.15) is 0 Å². The minimum absolute atomic E-state index is 0.512. The van der Waals surface area contributed by atoms with Crippen LogP contribution in [0.5, 0.6) is 0 Å². The molecule has 0 unspecified atom stereocenters. The third-order valence-corrected chi connectivity index (χ3v) is 9.28. The van der Waals surface area contributed by atoms with Gasteiger partial charge in [0.1, 0.15) is 0 Å². The van der Waals surface area contributed by atoms with Crippen molar-refractivity contribution in [3.63, 3.8) is 0 Å². The molecule has 6 aromatic carbocycles. The molecular formula is C43H27N7. The van der Waals surface area contributed by atoms with Crippen molar-refractivity contribution in [2.45, 2.75) is 0 Å². The summed E-state index contributed by atoms with van der Waals surface area (Å²) in [4.78, 5) is 24.6. The normalized spacial score (nSPS) is 11.6. The van der Waals surface area contributed by atoms with Gasteiger partial charge in [0.05, 0.1) is 27.6 Å². The fourth-order valence-corrected chi connectivity index (χ4v) is 7.04. The van der Waals surface area contributed by atoms with Crippen LogP contribution in [-0.2, 0) is 0 Å². The van der Waals surface area contributed by atoms with E-state index in [0.29, 0.717) is 29.0 Å². The van der Waals surface area contributed by atoms with Crippen molar-refractivity contribution >= 4 is 43.6 Å². The topological polar surface area (TPSA) is 74.3 Å². The summed E-state index contributed by atoms with van der Waals surface area (Å²) in [7, 11) is 0. The van der Waals surface area contributed by atoms with E-state index in [1.54, 1.807) is 0 Å². The van der Waals surface area contributed by atoms with E-state index in [1.165, 1.54) is 10.8 Å². The molecule has 7 nitrogen and oxygen atoms in total. The zero-order valence-corrected chi connectivity index (χ0v) is 26.7. The number of para-hydroxylation sites is 3. The highest BCUT2D eigenvalue weighted by atomic mass is 15.2. The van der Waals surface area contributed by atoms with Gasteiger partial charge in [-0.25, -0.2) is 24.9 Å². The molecular weight excluding hydrogens is 615 g/mol. The summed E-state index contributed by atoms with van der Waals surface area (Å²) in [5.74, 6) is 2.27. The molecule has 10 aromatic rings. The molecule has 0 amide bonds. The van der Waals surface area contributed by atoms with Crippen molar-refractivity contribution in [2.24, 2.45) is 0 Å². The summed E-state index contributed by atoms with van der Waals surface area (Å²) in [6.45, 7) is 0. The Hall–Kier alpha value is -6.99. The smallest absolute Gasteiger partial charge is 0.234 e. The number of fused-ring (bicyclic) bond motifs is 7. The van der Waals surface area contributed by atoms with Gasteiger partial charge in [-0.1, -0.05) is 127 Å². The average Bonchev–Trinajstić information content (AvgIpc) is 3.72. The van der Waals surface area contributed by atoms with Crippen molar-refractivity contribution in [1.29, 1.82) is 0 Å². The monoisotopic (exact) mass is 641 g/mol. The predicted molar refractivity (Wildman–Crippen MR) is 200 cm³/mol. The summed E-state index contributed by atoms with van der Waals surface area (Å²) in [6, 6.07) is 52.0. The number of hydrogen-bond acceptors (Lipinski definition) is 5. The van der Waals surface area contributed by atoms with Crippen LogP contribution < -0.4 is 0 Å². The fraction of sp³-hybridized carbons (Fsp3) is 0. The molecule has 7 heteroatoms. The zero-order valence-electron chi connectivity index (χ0n) is 26.7. The fourth-order valence-electron chi connectivity index (χ4n) is 7.04. The Morgan fingerprint density at radius 1 is 0.340 bits per heavy atom. The highest BCUT2D eigenvalue weighted by molar-refractivity contribution is 6.23. The first kappa shape index (κ1) is 28.1. The van der Waals surface area contributed by atoms with Crippen molar-refractivity contribution < 1.29 is 0 Å². The highest BCUT2D eigenvalue weighted by Crippen LogP contribution is 2.41. The Labute approximate surface area is 286 Å². The third-order valence-electron chi connectivity index (χ3n) is 9.28. The zero-order chi connectivity index (χ0) is 33.0. The van der Waals surface area contributed by atoms with Gasteiger partial charge in [0.15, 0.2) is 17.5 Å². The summed E-state index contributed by atoms with van der Waals surface area (Å²) >= 11 is 0. The van der Waals surface area contributed by atoms with Crippen molar-refractivity contribution in [2.75, 3.05) is 0 Å². The van der Waals surface area contributed by atoms with Crippen LogP contribution in [0.4, 0.5) is 0 Å². The van der Waals surface area contributed by atoms with Gasteiger partial charge in [0.2, 0.25) is 5.95 Å². The first-order chi connectivity index (χ1) is 24.8. The van der Waals surface area contributed by atoms with E-state index in [-0.39, 0.29) is 0 Å². The van der Waals surface area contributed by atoms with Gasteiger partial charge in [-0.3, -0.25) is 4.57 Å². The van der Waals surface area contributed by atoms with E-state index in [9.17, 15) is 0 Å². The average molecular weight is 642 g/mol. The van der Waals surface area contributed by atoms with Crippen LogP contribution in [0.25, 0.3) is 89.4 Å². The van der Waals surface area contributed by atoms with Crippen molar-refractivity contribution in [3.8, 4) is 45.8 Å². The minimum Gasteiger partial charge on any atom is -0.307 e. The van der Waals surface area contributed by atoms with Crippen LogP contribution in [-0.4, -0.2) is 34.1 Å². The van der Waals surface area contributed by atoms with Crippen LogP contribution in [0, 0.1) is 0 Å². The molecule has 4 heterocycles. The maximum Gasteiger partial charge on any atom is 0.234 e. The molecule has 0 N–H and O–H groups in total. The van der Waals surface area contributed by atoms with Crippen molar-refractivity contribution in [3.05, 3.63) is 164 Å². The van der Waals surface area contributed by atoms with Gasteiger partial charge in [-0.15, -0.1) is 0 Å². The lowest BCUT2D eigenvalue weighted by molar-refractivity contribution is 0.981. The number of aromatic nitrogens is 7. The Kier molecular flexibility index (Phi) is 6.35. The maximum absolute atomic E-state index is 5.01. The molecule has 0 atom stereocenters. The molecule has 0 saturated carbocycles. The van der Waals surface area contributed by atoms with E-state index < -0.39 is 0 Å². The third kappa shape index (κ3) is 4.41. The van der Waals surface area contributed by atoms with Crippen LogP contribution in [0.2, 0.25) is 0 Å². The van der Waals surface area contributed by atoms with Crippen LogP contribution in [0.3, 0.4) is 0 Å². The Bertz CT molecular complexity index is 2780. The van der Waals surface area contributed by atoms with Gasteiger partial charge in [-0.05, 0) is 24.3 Å². The summed E-state index contributed by atoms with van der Waals surface area (Å²) < 4.78 is 4.55. The Balaban J connectivity index is 1.21. The summed E-state index contributed by atoms with van der Waals surface area (Å²) in [5, 5.41) is 4.64. The number of nitrogens with zero attached hydrogens (tertiary/aromatic N) is 7. The lowest BCUT2D eigenvalue weighted by Gasteiger charge is -2.12. The molecule has 4 aromatic heterocycles. The van der Waals surface area contributed by atoms with Gasteiger partial charge in [0, 0.05) is 50.8 Å². The second-order valence-corrected chi connectivity index (χ2v) is 12.2. The molecule has 234 valence electrons. The summed E-state index contributed by atoms with van der Waals surface area (Å²) in [5.41, 5.74) is 7.96. The minimum atomic E-state index is 0.512. The second-order valence-electron chi connectivity index (χ2n) is 12.2. The van der Waals surface area contributed by atoms with Gasteiger partial charge in [0.25, 0.3) is 0 Å². The molecule has 0 radical (unpaired) electrons. The molecule has 0 aliphatic carbocycles. The van der Waals surface area contributed by atoms with Crippen molar-refractivity contribution in [1.82, 2.24) is 34.1 Å². The van der Waals surface area contributed by atoms with E-state index >= 15 is 0 Å². The highest BCUT2D eigenvalue weighted by Gasteiger charge is 2.22. The van der Waals surface area contributed by atoms with E-state index in [1.807, 2.05) is 73.1 Å². The molecule has 0 aliphatic heterocycles. The summed E-state index contributed by atoms with van der Waals surface area (Å²) in [6.07, 6.45) is 3.63. The SMILES string of the molecule is c1ccc(-c2nc(-c3ccccc3)nc(-c3cnc(-n4c5ccccc5c5ccc6c7ccccc7n(-c7ccccc7)c6c54)nc3)n2)cc1. The largest absolute Gasteiger partial charge is 0.307 e. The van der Waals surface area contributed by atoms with Crippen LogP contribution in [0.1, 0.15) is 0 Å². The second kappa shape index (κ2) is 11.3. The Morgan fingerprint density at radius 2 is 0.760 bits per heavy atom. The number of benzene rings is 6. The van der Waals surface area contributed by atoms with Crippen LogP contribution >= 0.6 is 0 Å². The predicted octanol–water partition coefficient (Wildman–Crippen LogP) is 9.86. The van der Waals surface area contributed by atoms with E-state index in [4.69, 9.17) is 24.9 Å².